The number of amides is 1. The first-order valence-corrected chi connectivity index (χ1v) is 10.1. The first-order valence-electron chi connectivity index (χ1n) is 9.15. The number of hydrogen-bond acceptors (Lipinski definition) is 5. The minimum atomic E-state index is 0.103. The number of carbonyl (C=O) groups is 1. The molecular formula is C18H27N3O2S. The fraction of sp³-hybridized carbons (Fsp3) is 0.778. The smallest absolute Gasteiger partial charge is 0.273 e. The number of piperidine rings is 1. The van der Waals surface area contributed by atoms with Gasteiger partial charge in [0.05, 0.1) is 12.1 Å². The summed E-state index contributed by atoms with van der Waals surface area (Å²) in [6.07, 6.45) is 7.46. The van der Waals surface area contributed by atoms with Gasteiger partial charge in [-0.15, -0.1) is 11.3 Å². The summed E-state index contributed by atoms with van der Waals surface area (Å²) in [6.45, 7) is 3.79. The van der Waals surface area contributed by atoms with Crippen LogP contribution in [0.1, 0.15) is 49.0 Å². The number of aromatic nitrogens is 1. The minimum absolute atomic E-state index is 0.103. The number of rotatable bonds is 5. The highest BCUT2D eigenvalue weighted by Gasteiger charge is 2.49. The first kappa shape index (κ1) is 16.5. The number of methoxy groups -OCH3 is 1. The molecule has 0 bridgehead atoms. The average Bonchev–Trinajstić information content (AvgIpc) is 3.14. The molecule has 2 aliphatic heterocycles. The molecule has 1 atom stereocenters. The van der Waals surface area contributed by atoms with Crippen LogP contribution in [0.2, 0.25) is 0 Å². The predicted molar refractivity (Wildman–Crippen MR) is 94.3 cm³/mol. The lowest BCUT2D eigenvalue weighted by Crippen LogP contribution is -2.56. The molecule has 1 aromatic heterocycles. The molecule has 0 aromatic carbocycles. The van der Waals surface area contributed by atoms with E-state index in [1.54, 1.807) is 5.51 Å². The summed E-state index contributed by atoms with van der Waals surface area (Å²) in [5.74, 6) is 1.00. The number of ether oxygens (including phenoxy) is 1. The molecule has 6 heteroatoms. The standard InChI is InChI=1S/C18H27N3O2S/c1-23-11-15-4-5-18(21(15)10-14-2-3-14)6-8-20(9-7-18)17(22)16-12-24-13-19-16/h12-15H,2-11H2,1H3/t15-/m0/s1. The fourth-order valence-electron chi connectivity index (χ4n) is 4.55. The van der Waals surface area contributed by atoms with Crippen molar-refractivity contribution in [2.75, 3.05) is 33.4 Å². The second-order valence-corrected chi connectivity index (χ2v) is 8.35. The van der Waals surface area contributed by atoms with Crippen LogP contribution in [0.5, 0.6) is 0 Å². The van der Waals surface area contributed by atoms with Crippen molar-refractivity contribution >= 4 is 17.2 Å². The van der Waals surface area contributed by atoms with E-state index >= 15 is 0 Å². The molecule has 1 amide bonds. The summed E-state index contributed by atoms with van der Waals surface area (Å²) >= 11 is 1.49. The highest BCUT2D eigenvalue weighted by molar-refractivity contribution is 7.07. The molecule has 3 heterocycles. The molecule has 3 fully saturated rings. The predicted octanol–water partition coefficient (Wildman–Crippen LogP) is 2.64. The average molecular weight is 350 g/mol. The quantitative estimate of drug-likeness (QED) is 0.820. The molecule has 1 aromatic rings. The van der Waals surface area contributed by atoms with E-state index in [-0.39, 0.29) is 5.91 Å². The zero-order valence-corrected chi connectivity index (χ0v) is 15.3. The summed E-state index contributed by atoms with van der Waals surface area (Å²) in [5, 5.41) is 1.86. The number of nitrogens with zero attached hydrogens (tertiary/aromatic N) is 3. The molecule has 0 radical (unpaired) electrons. The van der Waals surface area contributed by atoms with Gasteiger partial charge in [0.25, 0.3) is 5.91 Å². The Labute approximate surface area is 148 Å². The van der Waals surface area contributed by atoms with Gasteiger partial charge in [0.2, 0.25) is 0 Å². The van der Waals surface area contributed by atoms with Crippen LogP contribution in [-0.4, -0.2) is 65.6 Å². The monoisotopic (exact) mass is 349 g/mol. The van der Waals surface area contributed by atoms with E-state index in [9.17, 15) is 4.79 Å². The van der Waals surface area contributed by atoms with Gasteiger partial charge in [-0.25, -0.2) is 4.98 Å². The summed E-state index contributed by atoms with van der Waals surface area (Å²) in [5.41, 5.74) is 2.64. The third kappa shape index (κ3) is 3.11. The summed E-state index contributed by atoms with van der Waals surface area (Å²) in [4.78, 5) is 21.5. The van der Waals surface area contributed by atoms with E-state index < -0.39 is 0 Å². The summed E-state index contributed by atoms with van der Waals surface area (Å²) in [6, 6.07) is 0.566. The molecule has 0 N–H and O–H groups in total. The van der Waals surface area contributed by atoms with E-state index in [0.717, 1.165) is 38.5 Å². The molecule has 24 heavy (non-hydrogen) atoms. The molecule has 1 aliphatic carbocycles. The molecule has 1 saturated carbocycles. The van der Waals surface area contributed by atoms with Crippen LogP contribution in [-0.2, 0) is 4.74 Å². The molecule has 132 valence electrons. The van der Waals surface area contributed by atoms with Crippen LogP contribution in [0, 0.1) is 5.92 Å². The number of carbonyl (C=O) groups excluding carboxylic acids is 1. The number of hydrogen-bond donors (Lipinski definition) is 0. The zero-order valence-electron chi connectivity index (χ0n) is 14.4. The van der Waals surface area contributed by atoms with Gasteiger partial charge in [-0.05, 0) is 44.4 Å². The van der Waals surface area contributed by atoms with Crippen LogP contribution in [0.25, 0.3) is 0 Å². The normalized spacial score (nSPS) is 27.0. The van der Waals surface area contributed by atoms with Crippen LogP contribution in [0.3, 0.4) is 0 Å². The summed E-state index contributed by atoms with van der Waals surface area (Å²) < 4.78 is 5.49. The Morgan fingerprint density at radius 3 is 2.75 bits per heavy atom. The largest absolute Gasteiger partial charge is 0.383 e. The molecule has 3 aliphatic rings. The van der Waals surface area contributed by atoms with Crippen molar-refractivity contribution in [1.29, 1.82) is 0 Å². The van der Waals surface area contributed by atoms with Gasteiger partial charge >= 0.3 is 0 Å². The lowest BCUT2D eigenvalue weighted by molar-refractivity contribution is 0.00899. The van der Waals surface area contributed by atoms with Crippen molar-refractivity contribution in [2.24, 2.45) is 5.92 Å². The fourth-order valence-corrected chi connectivity index (χ4v) is 5.08. The third-order valence-corrected chi connectivity index (χ3v) is 6.72. The van der Waals surface area contributed by atoms with E-state index in [1.807, 2.05) is 17.4 Å². The van der Waals surface area contributed by atoms with Gasteiger partial charge in [0, 0.05) is 43.7 Å². The van der Waals surface area contributed by atoms with Crippen molar-refractivity contribution in [1.82, 2.24) is 14.8 Å². The van der Waals surface area contributed by atoms with E-state index in [1.165, 1.54) is 43.6 Å². The van der Waals surface area contributed by atoms with Gasteiger partial charge in [0.15, 0.2) is 0 Å². The minimum Gasteiger partial charge on any atom is -0.383 e. The molecule has 5 nitrogen and oxygen atoms in total. The van der Waals surface area contributed by atoms with Crippen LogP contribution in [0.4, 0.5) is 0 Å². The van der Waals surface area contributed by atoms with Gasteiger partial charge in [-0.2, -0.15) is 0 Å². The van der Waals surface area contributed by atoms with Gasteiger partial charge in [-0.3, -0.25) is 9.69 Å². The maximum atomic E-state index is 12.5. The lowest BCUT2D eigenvalue weighted by atomic mass is 9.84. The van der Waals surface area contributed by atoms with Crippen LogP contribution in [0.15, 0.2) is 10.9 Å². The van der Waals surface area contributed by atoms with Gasteiger partial charge in [-0.1, -0.05) is 0 Å². The lowest BCUT2D eigenvalue weighted by Gasteiger charge is -2.46. The van der Waals surface area contributed by atoms with E-state index in [4.69, 9.17) is 4.74 Å². The Bertz CT molecular complexity index is 565. The highest BCUT2D eigenvalue weighted by atomic mass is 32.1. The van der Waals surface area contributed by atoms with Gasteiger partial charge in [0.1, 0.15) is 5.69 Å². The Balaban J connectivity index is 1.43. The van der Waals surface area contributed by atoms with Crippen molar-refractivity contribution in [3.8, 4) is 0 Å². The first-order chi connectivity index (χ1) is 11.7. The Hall–Kier alpha value is -0.980. The van der Waals surface area contributed by atoms with Crippen LogP contribution < -0.4 is 0 Å². The Morgan fingerprint density at radius 1 is 1.33 bits per heavy atom. The van der Waals surface area contributed by atoms with Gasteiger partial charge < -0.3 is 9.64 Å². The molecule has 0 unspecified atom stereocenters. The third-order valence-electron chi connectivity index (χ3n) is 6.14. The summed E-state index contributed by atoms with van der Waals surface area (Å²) in [7, 11) is 1.81. The van der Waals surface area contributed by atoms with Crippen molar-refractivity contribution < 1.29 is 9.53 Å². The Morgan fingerprint density at radius 2 is 2.12 bits per heavy atom. The maximum Gasteiger partial charge on any atom is 0.273 e. The number of thiazole rings is 1. The van der Waals surface area contributed by atoms with E-state index in [0.29, 0.717) is 17.3 Å². The number of likely N-dealkylation sites (tertiary alicyclic amines) is 2. The topological polar surface area (TPSA) is 45.7 Å². The van der Waals surface area contributed by atoms with E-state index in [2.05, 4.69) is 9.88 Å². The molecule has 2 saturated heterocycles. The van der Waals surface area contributed by atoms with Crippen molar-refractivity contribution in [3.63, 3.8) is 0 Å². The molecule has 1 spiro atoms. The SMILES string of the molecule is COC[C@@H]1CCC2(CCN(C(=O)c3cscn3)CC2)N1CC1CC1. The Kier molecular flexibility index (Phi) is 4.62. The van der Waals surface area contributed by atoms with Crippen molar-refractivity contribution in [2.45, 2.75) is 50.1 Å². The van der Waals surface area contributed by atoms with Crippen molar-refractivity contribution in [3.05, 3.63) is 16.6 Å². The molecule has 4 rings (SSSR count). The second-order valence-electron chi connectivity index (χ2n) is 7.63. The highest BCUT2D eigenvalue weighted by Crippen LogP contribution is 2.44. The second kappa shape index (κ2) is 6.73. The molecular weight excluding hydrogens is 322 g/mol. The zero-order chi connectivity index (χ0) is 16.6. The maximum absolute atomic E-state index is 12.5. The van der Waals surface area contributed by atoms with Crippen LogP contribution >= 0.6 is 11.3 Å².